The molecule has 4 heterocycles. The number of imidazole rings is 1. The summed E-state index contributed by atoms with van der Waals surface area (Å²) in [4.78, 5) is 13.0. The van der Waals surface area contributed by atoms with E-state index >= 15 is 0 Å². The third-order valence-electron chi connectivity index (χ3n) is 5.08. The predicted octanol–water partition coefficient (Wildman–Crippen LogP) is 5.48. The van der Waals surface area contributed by atoms with E-state index in [4.69, 9.17) is 4.98 Å². The fraction of sp³-hybridized carbons (Fsp3) is 0.182. The number of aryl methyl sites for hydroxylation is 1. The Hall–Kier alpha value is -3.40. The van der Waals surface area contributed by atoms with Gasteiger partial charge in [-0.25, -0.2) is 19.5 Å². The molecule has 0 spiro atoms. The van der Waals surface area contributed by atoms with Crippen LogP contribution >= 0.6 is 11.8 Å². The Morgan fingerprint density at radius 3 is 2.56 bits per heavy atom. The molecule has 0 aliphatic carbocycles. The second-order valence-corrected chi connectivity index (χ2v) is 8.36. The SMILES string of the molecule is CCSc1nn2ccc(-c3ccccc3)nc2c1-c1nc2cc(C(F)(F)F)ncc2n1C. The van der Waals surface area contributed by atoms with E-state index < -0.39 is 11.9 Å². The van der Waals surface area contributed by atoms with Gasteiger partial charge < -0.3 is 4.57 Å². The van der Waals surface area contributed by atoms with Crippen molar-refractivity contribution >= 4 is 28.4 Å². The van der Waals surface area contributed by atoms with Crippen LogP contribution in [0.3, 0.4) is 0 Å². The molecule has 4 aromatic heterocycles. The fourth-order valence-electron chi connectivity index (χ4n) is 3.58. The van der Waals surface area contributed by atoms with Crippen molar-refractivity contribution in [2.24, 2.45) is 7.05 Å². The zero-order chi connectivity index (χ0) is 22.5. The molecule has 6 nitrogen and oxygen atoms in total. The van der Waals surface area contributed by atoms with Crippen molar-refractivity contribution in [1.82, 2.24) is 29.1 Å². The Balaban J connectivity index is 1.75. The van der Waals surface area contributed by atoms with Gasteiger partial charge in [0.15, 0.2) is 5.65 Å². The summed E-state index contributed by atoms with van der Waals surface area (Å²) in [6.45, 7) is 2.01. The van der Waals surface area contributed by atoms with Crippen LogP contribution in [0, 0.1) is 0 Å². The number of alkyl halides is 3. The predicted molar refractivity (Wildman–Crippen MR) is 117 cm³/mol. The van der Waals surface area contributed by atoms with Gasteiger partial charge in [-0.15, -0.1) is 11.8 Å². The number of hydrogen-bond donors (Lipinski definition) is 0. The first-order valence-electron chi connectivity index (χ1n) is 9.84. The van der Waals surface area contributed by atoms with E-state index in [0.29, 0.717) is 27.6 Å². The highest BCUT2D eigenvalue weighted by Gasteiger charge is 2.33. The first-order valence-corrected chi connectivity index (χ1v) is 10.8. The van der Waals surface area contributed by atoms with E-state index in [2.05, 4.69) is 15.1 Å². The van der Waals surface area contributed by atoms with Crippen LogP contribution in [0.25, 0.3) is 39.3 Å². The first-order chi connectivity index (χ1) is 15.4. The molecular formula is C22H17F3N6S. The summed E-state index contributed by atoms with van der Waals surface area (Å²) in [5, 5.41) is 5.37. The molecule has 5 aromatic rings. The highest BCUT2D eigenvalue weighted by Crippen LogP contribution is 2.36. The molecule has 0 saturated heterocycles. The minimum Gasteiger partial charge on any atom is -0.326 e. The lowest BCUT2D eigenvalue weighted by Gasteiger charge is -2.05. The molecule has 0 N–H and O–H groups in total. The van der Waals surface area contributed by atoms with Gasteiger partial charge in [0.25, 0.3) is 0 Å². The lowest BCUT2D eigenvalue weighted by atomic mass is 10.1. The third-order valence-corrected chi connectivity index (χ3v) is 5.93. The Labute approximate surface area is 185 Å². The number of fused-ring (bicyclic) bond motifs is 2. The Morgan fingerprint density at radius 2 is 1.84 bits per heavy atom. The molecule has 162 valence electrons. The second-order valence-electron chi connectivity index (χ2n) is 7.11. The summed E-state index contributed by atoms with van der Waals surface area (Å²) >= 11 is 1.53. The average Bonchev–Trinajstić information content (AvgIpc) is 3.30. The van der Waals surface area contributed by atoms with E-state index in [1.54, 1.807) is 16.1 Å². The van der Waals surface area contributed by atoms with Crippen molar-refractivity contribution in [1.29, 1.82) is 0 Å². The zero-order valence-electron chi connectivity index (χ0n) is 17.1. The van der Waals surface area contributed by atoms with Gasteiger partial charge in [-0.2, -0.15) is 18.3 Å². The highest BCUT2D eigenvalue weighted by atomic mass is 32.2. The van der Waals surface area contributed by atoms with Crippen LogP contribution in [0.15, 0.2) is 59.9 Å². The van der Waals surface area contributed by atoms with Crippen molar-refractivity contribution < 1.29 is 13.2 Å². The smallest absolute Gasteiger partial charge is 0.326 e. The van der Waals surface area contributed by atoms with Gasteiger partial charge in [0, 0.05) is 18.8 Å². The lowest BCUT2D eigenvalue weighted by Crippen LogP contribution is -2.07. The van der Waals surface area contributed by atoms with Crippen molar-refractivity contribution in [3.05, 3.63) is 60.6 Å². The number of halogens is 3. The van der Waals surface area contributed by atoms with Gasteiger partial charge in [-0.3, -0.25) is 0 Å². The molecule has 0 radical (unpaired) electrons. The van der Waals surface area contributed by atoms with E-state index in [1.165, 1.54) is 18.0 Å². The number of aromatic nitrogens is 6. The van der Waals surface area contributed by atoms with Gasteiger partial charge in [-0.1, -0.05) is 37.3 Å². The molecule has 0 amide bonds. The molecule has 0 bridgehead atoms. The lowest BCUT2D eigenvalue weighted by molar-refractivity contribution is -0.141. The zero-order valence-corrected chi connectivity index (χ0v) is 17.9. The van der Waals surface area contributed by atoms with Crippen molar-refractivity contribution in [3.8, 4) is 22.6 Å². The molecule has 0 saturated carbocycles. The molecular weight excluding hydrogens is 437 g/mol. The van der Waals surface area contributed by atoms with Gasteiger partial charge in [0.2, 0.25) is 0 Å². The van der Waals surface area contributed by atoms with Crippen LogP contribution in [0.4, 0.5) is 13.2 Å². The Kier molecular flexibility index (Phi) is 4.89. The number of rotatable bonds is 4. The molecule has 10 heteroatoms. The fourth-order valence-corrected chi connectivity index (χ4v) is 4.33. The third kappa shape index (κ3) is 3.40. The number of benzene rings is 1. The number of thioether (sulfide) groups is 1. The van der Waals surface area contributed by atoms with Crippen LogP contribution < -0.4 is 0 Å². The summed E-state index contributed by atoms with van der Waals surface area (Å²) in [5.74, 6) is 1.26. The molecule has 1 aromatic carbocycles. The maximum atomic E-state index is 13.2. The quantitative estimate of drug-likeness (QED) is 0.337. The van der Waals surface area contributed by atoms with Crippen LogP contribution in [0.1, 0.15) is 12.6 Å². The molecule has 5 rings (SSSR count). The Morgan fingerprint density at radius 1 is 1.06 bits per heavy atom. The van der Waals surface area contributed by atoms with Crippen LogP contribution in [0.2, 0.25) is 0 Å². The topological polar surface area (TPSA) is 60.9 Å². The summed E-state index contributed by atoms with van der Waals surface area (Å²) in [5.41, 5.74) is 2.74. The summed E-state index contributed by atoms with van der Waals surface area (Å²) in [6.07, 6.45) is -1.50. The number of nitrogens with zero attached hydrogens (tertiary/aromatic N) is 6. The minimum atomic E-state index is -4.54. The average molecular weight is 454 g/mol. The van der Waals surface area contributed by atoms with Crippen LogP contribution in [-0.4, -0.2) is 34.9 Å². The maximum absolute atomic E-state index is 13.2. The normalized spacial score (nSPS) is 12.2. The Bertz CT molecular complexity index is 1440. The maximum Gasteiger partial charge on any atom is 0.433 e. The van der Waals surface area contributed by atoms with E-state index in [1.807, 2.05) is 49.5 Å². The van der Waals surface area contributed by atoms with Crippen molar-refractivity contribution in [2.75, 3.05) is 5.75 Å². The summed E-state index contributed by atoms with van der Waals surface area (Å²) in [6, 6.07) is 12.6. The molecule has 0 fully saturated rings. The van der Waals surface area contributed by atoms with Gasteiger partial charge in [0.1, 0.15) is 16.5 Å². The molecule has 0 aliphatic rings. The van der Waals surface area contributed by atoms with E-state index in [9.17, 15) is 13.2 Å². The minimum absolute atomic E-state index is 0.218. The van der Waals surface area contributed by atoms with Gasteiger partial charge in [0.05, 0.1) is 28.5 Å². The monoisotopic (exact) mass is 454 g/mol. The molecule has 0 atom stereocenters. The van der Waals surface area contributed by atoms with Crippen LogP contribution in [0.5, 0.6) is 0 Å². The van der Waals surface area contributed by atoms with Gasteiger partial charge >= 0.3 is 6.18 Å². The summed E-state index contributed by atoms with van der Waals surface area (Å²) in [7, 11) is 1.75. The van der Waals surface area contributed by atoms with Crippen molar-refractivity contribution in [2.45, 2.75) is 18.1 Å². The van der Waals surface area contributed by atoms with Gasteiger partial charge in [-0.05, 0) is 17.9 Å². The van der Waals surface area contributed by atoms with E-state index in [0.717, 1.165) is 23.1 Å². The van der Waals surface area contributed by atoms with Crippen LogP contribution in [-0.2, 0) is 13.2 Å². The second kappa shape index (κ2) is 7.63. The van der Waals surface area contributed by atoms with E-state index in [-0.39, 0.29) is 5.52 Å². The highest BCUT2D eigenvalue weighted by molar-refractivity contribution is 7.99. The number of hydrogen-bond acceptors (Lipinski definition) is 5. The molecule has 0 unspecified atom stereocenters. The van der Waals surface area contributed by atoms with Crippen molar-refractivity contribution in [3.63, 3.8) is 0 Å². The summed E-state index contributed by atoms with van der Waals surface area (Å²) < 4.78 is 42.9. The first kappa shape index (κ1) is 20.5. The standard InChI is InChI=1S/C22H17F3N6S/c1-3-32-21-18(19-28-15-11-17(22(23,24)25)26-12-16(15)30(19)2)20-27-14(9-10-31(20)29-21)13-7-5-4-6-8-13/h4-12H,3H2,1-2H3. The largest absolute Gasteiger partial charge is 0.433 e. The molecule has 32 heavy (non-hydrogen) atoms. The number of pyridine rings is 1. The molecule has 0 aliphatic heterocycles.